The van der Waals surface area contributed by atoms with Gasteiger partial charge in [-0.15, -0.1) is 0 Å². The minimum absolute atomic E-state index is 0.185. The van der Waals surface area contributed by atoms with E-state index < -0.39 is 11.9 Å². The van der Waals surface area contributed by atoms with Crippen LogP contribution in [0.2, 0.25) is 0 Å². The minimum atomic E-state index is -0.754. The molecule has 0 unspecified atom stereocenters. The predicted molar refractivity (Wildman–Crippen MR) is 81.8 cm³/mol. The van der Waals surface area contributed by atoms with E-state index in [4.69, 9.17) is 4.74 Å². The zero-order valence-electron chi connectivity index (χ0n) is 11.9. The van der Waals surface area contributed by atoms with Gasteiger partial charge in [0.25, 0.3) is 0 Å². The molecule has 6 heteroatoms. The number of hydrogen-bond acceptors (Lipinski definition) is 5. The standard InChI is InChI=1S/C15H15BrO5/c1-19-11-7-8-13(16)10(9-11)5-4-6-12(14(17)20-2)15(18)21-3/h4-9H,1-3H3. The first-order valence-corrected chi connectivity index (χ1v) is 6.71. The monoisotopic (exact) mass is 354 g/mol. The number of benzene rings is 1. The molecule has 5 nitrogen and oxygen atoms in total. The van der Waals surface area contributed by atoms with E-state index in [0.717, 1.165) is 10.0 Å². The third-order valence-corrected chi connectivity index (χ3v) is 3.27. The normalized spacial score (nSPS) is 10.1. The average Bonchev–Trinajstić information content (AvgIpc) is 2.51. The van der Waals surface area contributed by atoms with Gasteiger partial charge in [-0.25, -0.2) is 9.59 Å². The fourth-order valence-corrected chi connectivity index (χ4v) is 1.84. The van der Waals surface area contributed by atoms with Gasteiger partial charge in [0.05, 0.1) is 21.3 Å². The zero-order chi connectivity index (χ0) is 15.8. The molecule has 0 bridgehead atoms. The van der Waals surface area contributed by atoms with Crippen LogP contribution in [0.3, 0.4) is 0 Å². The van der Waals surface area contributed by atoms with Crippen LogP contribution in [0.5, 0.6) is 5.75 Å². The van der Waals surface area contributed by atoms with Crippen LogP contribution in [-0.2, 0) is 19.1 Å². The smallest absolute Gasteiger partial charge is 0.345 e. The van der Waals surface area contributed by atoms with Crippen molar-refractivity contribution < 1.29 is 23.8 Å². The van der Waals surface area contributed by atoms with Gasteiger partial charge in [0.2, 0.25) is 0 Å². The summed E-state index contributed by atoms with van der Waals surface area (Å²) in [7, 11) is 3.96. The fourth-order valence-electron chi connectivity index (χ4n) is 1.46. The molecule has 1 aromatic carbocycles. The first kappa shape index (κ1) is 17.0. The van der Waals surface area contributed by atoms with Crippen molar-refractivity contribution in [3.05, 3.63) is 46.0 Å². The van der Waals surface area contributed by atoms with Gasteiger partial charge in [-0.05, 0) is 29.8 Å². The Bertz CT molecular complexity index is 572. The number of hydrogen-bond donors (Lipinski definition) is 0. The summed E-state index contributed by atoms with van der Waals surface area (Å²) in [5.74, 6) is -0.810. The first-order valence-electron chi connectivity index (χ1n) is 5.92. The molecule has 0 radical (unpaired) electrons. The second-order valence-electron chi connectivity index (χ2n) is 3.81. The summed E-state index contributed by atoms with van der Waals surface area (Å²) in [5, 5.41) is 0. The lowest BCUT2D eigenvalue weighted by atomic mass is 10.2. The van der Waals surface area contributed by atoms with E-state index in [-0.39, 0.29) is 5.57 Å². The lowest BCUT2D eigenvalue weighted by Gasteiger charge is -2.03. The molecule has 1 aromatic rings. The van der Waals surface area contributed by atoms with Crippen LogP contribution in [-0.4, -0.2) is 33.3 Å². The molecule has 0 aliphatic heterocycles. The van der Waals surface area contributed by atoms with Crippen molar-refractivity contribution in [1.82, 2.24) is 0 Å². The highest BCUT2D eigenvalue weighted by atomic mass is 79.9. The third kappa shape index (κ3) is 4.75. The molecule has 0 aromatic heterocycles. The van der Waals surface area contributed by atoms with Crippen molar-refractivity contribution in [2.45, 2.75) is 0 Å². The summed E-state index contributed by atoms with van der Waals surface area (Å²) in [4.78, 5) is 22.9. The van der Waals surface area contributed by atoms with E-state index in [0.29, 0.717) is 5.75 Å². The Kier molecular flexibility index (Phi) is 6.68. The van der Waals surface area contributed by atoms with Crippen LogP contribution in [0.15, 0.2) is 40.4 Å². The maximum absolute atomic E-state index is 11.5. The number of rotatable bonds is 5. The maximum Gasteiger partial charge on any atom is 0.345 e. The van der Waals surface area contributed by atoms with Crippen LogP contribution in [0, 0.1) is 0 Å². The molecule has 0 atom stereocenters. The molecule has 0 saturated carbocycles. The summed E-state index contributed by atoms with van der Waals surface area (Å²) in [6.45, 7) is 0. The van der Waals surface area contributed by atoms with Gasteiger partial charge in [0.1, 0.15) is 11.3 Å². The molecule has 0 spiro atoms. The largest absolute Gasteiger partial charge is 0.497 e. The van der Waals surface area contributed by atoms with Gasteiger partial charge < -0.3 is 14.2 Å². The lowest BCUT2D eigenvalue weighted by molar-refractivity contribution is -0.144. The van der Waals surface area contributed by atoms with E-state index in [1.807, 2.05) is 18.2 Å². The van der Waals surface area contributed by atoms with Gasteiger partial charge in [-0.3, -0.25) is 0 Å². The Balaban J connectivity index is 3.04. The maximum atomic E-state index is 11.5. The molecule has 112 valence electrons. The highest BCUT2D eigenvalue weighted by molar-refractivity contribution is 9.10. The van der Waals surface area contributed by atoms with Crippen molar-refractivity contribution >= 4 is 33.9 Å². The van der Waals surface area contributed by atoms with E-state index in [1.54, 1.807) is 19.3 Å². The lowest BCUT2D eigenvalue weighted by Crippen LogP contribution is -2.15. The van der Waals surface area contributed by atoms with E-state index in [2.05, 4.69) is 25.4 Å². The molecule has 0 fully saturated rings. The first-order chi connectivity index (χ1) is 10.0. The molecule has 0 heterocycles. The van der Waals surface area contributed by atoms with Crippen molar-refractivity contribution in [2.75, 3.05) is 21.3 Å². The highest BCUT2D eigenvalue weighted by Gasteiger charge is 2.18. The number of methoxy groups -OCH3 is 3. The molecule has 21 heavy (non-hydrogen) atoms. The molecule has 0 aliphatic carbocycles. The Morgan fingerprint density at radius 1 is 1.10 bits per heavy atom. The second-order valence-corrected chi connectivity index (χ2v) is 4.66. The third-order valence-electron chi connectivity index (χ3n) is 2.55. The van der Waals surface area contributed by atoms with Crippen molar-refractivity contribution in [3.63, 3.8) is 0 Å². The Morgan fingerprint density at radius 2 is 1.71 bits per heavy atom. The number of carbonyl (C=O) groups excluding carboxylic acids is 2. The van der Waals surface area contributed by atoms with Gasteiger partial charge in [0.15, 0.2) is 0 Å². The molecule has 0 N–H and O–H groups in total. The summed E-state index contributed by atoms with van der Waals surface area (Å²) in [6.07, 6.45) is 4.62. The number of esters is 2. The quantitative estimate of drug-likeness (QED) is 0.267. The zero-order valence-corrected chi connectivity index (χ0v) is 13.5. The van der Waals surface area contributed by atoms with Crippen molar-refractivity contribution in [2.24, 2.45) is 0 Å². The van der Waals surface area contributed by atoms with Crippen molar-refractivity contribution in [3.8, 4) is 5.75 Å². The number of carbonyl (C=O) groups is 2. The van der Waals surface area contributed by atoms with E-state index in [9.17, 15) is 9.59 Å². The molecular weight excluding hydrogens is 340 g/mol. The Hall–Kier alpha value is -2.08. The Labute approximate surface area is 131 Å². The Morgan fingerprint density at radius 3 is 2.24 bits per heavy atom. The molecule has 0 amide bonds. The SMILES string of the molecule is COC(=O)C(=CC=Cc1cc(OC)ccc1Br)C(=O)OC. The van der Waals surface area contributed by atoms with E-state index >= 15 is 0 Å². The van der Waals surface area contributed by atoms with Gasteiger partial charge in [-0.2, -0.15) is 0 Å². The topological polar surface area (TPSA) is 61.8 Å². The van der Waals surface area contributed by atoms with Crippen LogP contribution in [0.4, 0.5) is 0 Å². The second kappa shape index (κ2) is 8.26. The number of halogens is 1. The molecule has 0 saturated heterocycles. The van der Waals surface area contributed by atoms with Gasteiger partial charge in [0, 0.05) is 4.47 Å². The van der Waals surface area contributed by atoms with Crippen LogP contribution in [0.25, 0.3) is 6.08 Å². The van der Waals surface area contributed by atoms with Gasteiger partial charge in [-0.1, -0.05) is 28.1 Å². The molecule has 1 rings (SSSR count). The summed E-state index contributed by atoms with van der Waals surface area (Å²) in [6, 6.07) is 5.46. The molecular formula is C15H15BrO5. The van der Waals surface area contributed by atoms with Gasteiger partial charge >= 0.3 is 11.9 Å². The summed E-state index contributed by atoms with van der Waals surface area (Å²) in [5.41, 5.74) is 0.648. The fraction of sp³-hybridized carbons (Fsp3) is 0.200. The number of allylic oxidation sites excluding steroid dienone is 2. The predicted octanol–water partition coefficient (Wildman–Crippen LogP) is 2.74. The number of ether oxygens (including phenoxy) is 3. The van der Waals surface area contributed by atoms with E-state index in [1.165, 1.54) is 20.3 Å². The van der Waals surface area contributed by atoms with Crippen LogP contribution in [0.1, 0.15) is 5.56 Å². The minimum Gasteiger partial charge on any atom is -0.497 e. The van der Waals surface area contributed by atoms with Crippen LogP contribution >= 0.6 is 15.9 Å². The van der Waals surface area contributed by atoms with Crippen LogP contribution < -0.4 is 4.74 Å². The highest BCUT2D eigenvalue weighted by Crippen LogP contribution is 2.23. The molecule has 0 aliphatic rings. The summed E-state index contributed by atoms with van der Waals surface area (Å²) >= 11 is 3.40. The summed E-state index contributed by atoms with van der Waals surface area (Å²) < 4.78 is 15.0. The average molecular weight is 355 g/mol. The van der Waals surface area contributed by atoms with Crippen molar-refractivity contribution in [1.29, 1.82) is 0 Å².